The van der Waals surface area contributed by atoms with Gasteiger partial charge in [-0.15, -0.1) is 0 Å². The van der Waals surface area contributed by atoms with Gasteiger partial charge in [0.25, 0.3) is 10.1 Å². The Balaban J connectivity index is 2.28. The van der Waals surface area contributed by atoms with Gasteiger partial charge in [0.15, 0.2) is 23.3 Å². The number of ether oxygens (including phenoxy) is 1. The van der Waals surface area contributed by atoms with Crippen LogP contribution in [0, 0.1) is 40.9 Å². The molecule has 17 heteroatoms. The van der Waals surface area contributed by atoms with Gasteiger partial charge in [-0.25, -0.2) is 26.7 Å². The SMILES string of the molecule is [2H]C([2H])(OC(=O)N[C@@H](CC(C)C)C(=O)N[C@@H](C[C@@H]1CCNC1=O)C(O)S(=O)(=O)O)c1c(F)c(F)c(F)c(F)c1F. The van der Waals surface area contributed by atoms with Crippen LogP contribution >= 0.6 is 0 Å². The molecule has 1 saturated heterocycles. The first-order valence-corrected chi connectivity index (χ1v) is 12.5. The molecule has 0 aromatic heterocycles. The molecule has 1 aromatic carbocycles. The zero-order chi connectivity index (χ0) is 30.7. The second-order valence-electron chi connectivity index (χ2n) is 8.80. The van der Waals surface area contributed by atoms with E-state index in [2.05, 4.69) is 15.4 Å². The number of benzene rings is 1. The van der Waals surface area contributed by atoms with Crippen molar-refractivity contribution in [3.05, 3.63) is 34.6 Å². The lowest BCUT2D eigenvalue weighted by molar-refractivity contribution is -0.126. The monoisotopic (exact) mass is 577 g/mol. The molecule has 38 heavy (non-hydrogen) atoms. The Hall–Kier alpha value is -3.05. The van der Waals surface area contributed by atoms with Crippen LogP contribution in [-0.2, 0) is 31.0 Å². The highest BCUT2D eigenvalue weighted by Gasteiger charge is 2.38. The van der Waals surface area contributed by atoms with E-state index in [0.717, 1.165) is 0 Å². The molecule has 0 radical (unpaired) electrons. The van der Waals surface area contributed by atoms with Crippen LogP contribution in [-0.4, -0.2) is 60.0 Å². The summed E-state index contributed by atoms with van der Waals surface area (Å²) in [7, 11) is -5.16. The zero-order valence-corrected chi connectivity index (χ0v) is 20.7. The van der Waals surface area contributed by atoms with Crippen LogP contribution in [0.4, 0.5) is 26.7 Å². The molecule has 0 bridgehead atoms. The van der Waals surface area contributed by atoms with Crippen LogP contribution in [0.15, 0.2) is 0 Å². The number of carbonyl (C=O) groups excluding carboxylic acids is 3. The molecular formula is C21H26F5N3O8S. The number of halogens is 5. The van der Waals surface area contributed by atoms with Crippen LogP contribution in [0.25, 0.3) is 0 Å². The molecule has 1 fully saturated rings. The quantitative estimate of drug-likeness (QED) is 0.113. The number of hydrogen-bond acceptors (Lipinski definition) is 7. The van der Waals surface area contributed by atoms with E-state index in [-0.39, 0.29) is 19.4 Å². The number of aliphatic hydroxyl groups is 1. The summed E-state index contributed by atoms with van der Waals surface area (Å²) >= 11 is 0. The van der Waals surface area contributed by atoms with E-state index < -0.39 is 105 Å². The van der Waals surface area contributed by atoms with E-state index in [0.29, 0.717) is 0 Å². The molecule has 2 rings (SSSR count). The topological polar surface area (TPSA) is 171 Å². The van der Waals surface area contributed by atoms with E-state index in [4.69, 9.17) is 2.74 Å². The molecule has 0 spiro atoms. The van der Waals surface area contributed by atoms with Crippen LogP contribution in [0.3, 0.4) is 0 Å². The van der Waals surface area contributed by atoms with Crippen molar-refractivity contribution >= 4 is 28.0 Å². The highest BCUT2D eigenvalue weighted by molar-refractivity contribution is 7.86. The predicted molar refractivity (Wildman–Crippen MR) is 118 cm³/mol. The van der Waals surface area contributed by atoms with Crippen molar-refractivity contribution in [2.24, 2.45) is 11.8 Å². The highest BCUT2D eigenvalue weighted by Crippen LogP contribution is 2.24. The highest BCUT2D eigenvalue weighted by atomic mass is 32.2. The third-order valence-corrected chi connectivity index (χ3v) is 6.39. The Morgan fingerprint density at radius 3 is 2.13 bits per heavy atom. The van der Waals surface area contributed by atoms with Gasteiger partial charge >= 0.3 is 6.09 Å². The Bertz CT molecular complexity index is 1240. The Labute approximate surface area is 216 Å². The van der Waals surface area contributed by atoms with Crippen LogP contribution < -0.4 is 16.0 Å². The minimum atomic E-state index is -5.16. The molecule has 1 unspecified atom stereocenters. The first-order valence-electron chi connectivity index (χ1n) is 12.0. The molecule has 1 aliphatic rings. The van der Waals surface area contributed by atoms with Crippen molar-refractivity contribution in [1.82, 2.24) is 16.0 Å². The summed E-state index contributed by atoms with van der Waals surface area (Å²) in [6.45, 7) is -0.615. The third kappa shape index (κ3) is 7.73. The first kappa shape index (κ1) is 28.0. The summed E-state index contributed by atoms with van der Waals surface area (Å²) in [6, 6.07) is -3.48. The lowest BCUT2D eigenvalue weighted by atomic mass is 9.97. The summed E-state index contributed by atoms with van der Waals surface area (Å²) in [4.78, 5) is 37.3. The van der Waals surface area contributed by atoms with Crippen LogP contribution in [0.2, 0.25) is 0 Å². The molecular weight excluding hydrogens is 549 g/mol. The molecule has 5 N–H and O–H groups in total. The summed E-state index contributed by atoms with van der Waals surface area (Å²) < 4.78 is 120. The second kappa shape index (κ2) is 12.7. The fourth-order valence-electron chi connectivity index (χ4n) is 3.58. The van der Waals surface area contributed by atoms with E-state index in [9.17, 15) is 54.4 Å². The van der Waals surface area contributed by atoms with Gasteiger partial charge in [-0.05, 0) is 25.2 Å². The van der Waals surface area contributed by atoms with Gasteiger partial charge in [-0.3, -0.25) is 14.1 Å². The predicted octanol–water partition coefficient (Wildman–Crippen LogP) is 1.24. The minimum absolute atomic E-state index is 0.205. The Kier molecular flexibility index (Phi) is 9.32. The van der Waals surface area contributed by atoms with Gasteiger partial charge < -0.3 is 25.8 Å². The lowest BCUT2D eigenvalue weighted by Gasteiger charge is -2.27. The van der Waals surface area contributed by atoms with Crippen molar-refractivity contribution in [2.45, 2.75) is 57.2 Å². The van der Waals surface area contributed by atoms with Crippen molar-refractivity contribution in [1.29, 1.82) is 0 Å². The van der Waals surface area contributed by atoms with Crippen molar-refractivity contribution in [2.75, 3.05) is 6.54 Å². The largest absolute Gasteiger partial charge is 0.444 e. The molecule has 1 heterocycles. The molecule has 0 saturated carbocycles. The van der Waals surface area contributed by atoms with Gasteiger partial charge in [0.05, 0.1) is 14.3 Å². The zero-order valence-electron chi connectivity index (χ0n) is 21.9. The minimum Gasteiger partial charge on any atom is -0.444 e. The second-order valence-corrected chi connectivity index (χ2v) is 10.3. The normalized spacial score (nSPS) is 19.2. The van der Waals surface area contributed by atoms with E-state index in [1.807, 2.05) is 5.32 Å². The molecule has 0 aliphatic carbocycles. The number of carbonyl (C=O) groups is 3. The van der Waals surface area contributed by atoms with Crippen LogP contribution in [0.5, 0.6) is 0 Å². The van der Waals surface area contributed by atoms with E-state index in [1.54, 1.807) is 13.8 Å². The lowest BCUT2D eigenvalue weighted by Crippen LogP contribution is -2.55. The smallest absolute Gasteiger partial charge is 0.408 e. The molecule has 214 valence electrons. The first-order chi connectivity index (χ1) is 18.3. The van der Waals surface area contributed by atoms with Gasteiger partial charge in [-0.2, -0.15) is 8.42 Å². The average molecular weight is 578 g/mol. The molecule has 4 atom stereocenters. The maximum Gasteiger partial charge on any atom is 0.408 e. The van der Waals surface area contributed by atoms with E-state index >= 15 is 0 Å². The average Bonchev–Trinajstić information content (AvgIpc) is 3.22. The van der Waals surface area contributed by atoms with Crippen molar-refractivity contribution < 1.29 is 61.9 Å². The maximum absolute atomic E-state index is 14.1. The van der Waals surface area contributed by atoms with E-state index in [1.165, 1.54) is 0 Å². The van der Waals surface area contributed by atoms with Crippen molar-refractivity contribution in [3.63, 3.8) is 0 Å². The Morgan fingerprint density at radius 2 is 1.66 bits per heavy atom. The molecule has 1 aliphatic heterocycles. The standard InChI is InChI=1S/C21H26F5N3O8S/c1-8(2)5-11(29-21(33)37-7-10-13(22)15(24)17(26)16(25)14(10)23)19(31)28-12(20(32)38(34,35)36)6-9-3-4-27-18(9)30/h8-9,11-12,20,32H,3-7H2,1-2H3,(H,27,30)(H,28,31)(H,29,33)(H,34,35,36)/t9-,11-,12-,20?/m0/s1/i7D2. The van der Waals surface area contributed by atoms with Gasteiger partial charge in [0.1, 0.15) is 12.6 Å². The summed E-state index contributed by atoms with van der Waals surface area (Å²) in [6.07, 6.45) is -2.40. The fraction of sp³-hybridized carbons (Fsp3) is 0.571. The van der Waals surface area contributed by atoms with Gasteiger partial charge in [0, 0.05) is 12.5 Å². The van der Waals surface area contributed by atoms with Gasteiger partial charge in [0.2, 0.25) is 23.1 Å². The van der Waals surface area contributed by atoms with Gasteiger partial charge in [-0.1, -0.05) is 13.8 Å². The number of nitrogens with one attached hydrogen (secondary N) is 3. The summed E-state index contributed by atoms with van der Waals surface area (Å²) in [5, 5.41) is 16.5. The molecule has 11 nitrogen and oxygen atoms in total. The number of rotatable bonds is 11. The third-order valence-electron chi connectivity index (χ3n) is 5.45. The molecule has 3 amide bonds. The number of alkyl carbamates (subject to hydrolysis) is 1. The number of amides is 3. The fourth-order valence-corrected chi connectivity index (χ4v) is 4.17. The van der Waals surface area contributed by atoms with Crippen molar-refractivity contribution in [3.8, 4) is 0 Å². The van der Waals surface area contributed by atoms with Crippen LogP contribution in [0.1, 0.15) is 41.4 Å². The maximum atomic E-state index is 14.1. The number of aliphatic hydroxyl groups excluding tert-OH is 1. The summed E-state index contributed by atoms with van der Waals surface area (Å²) in [5.41, 5.74) is -4.71. The number of hydrogen-bond donors (Lipinski definition) is 5. The Morgan fingerprint density at radius 1 is 1.11 bits per heavy atom. The molecule has 1 aromatic rings. The summed E-state index contributed by atoms with van der Waals surface area (Å²) in [5.74, 6) is -15.8.